The van der Waals surface area contributed by atoms with E-state index in [1.54, 1.807) is 6.26 Å². The van der Waals surface area contributed by atoms with Crippen LogP contribution in [0.3, 0.4) is 0 Å². The number of carboxylic acid groups (broad SMARTS) is 1. The van der Waals surface area contributed by atoms with Gasteiger partial charge in [0.2, 0.25) is 0 Å². The molecule has 0 spiro atoms. The van der Waals surface area contributed by atoms with Gasteiger partial charge in [0.25, 0.3) is 0 Å². The summed E-state index contributed by atoms with van der Waals surface area (Å²) in [6.07, 6.45) is 1.65. The summed E-state index contributed by atoms with van der Waals surface area (Å²) < 4.78 is 13.4. The average molecular weight is 327 g/mol. The molecule has 0 aliphatic heterocycles. The molecule has 1 N–H and O–H groups in total. The Morgan fingerprint density at radius 2 is 2.19 bits per heavy atom. The molecule has 0 amide bonds. The second-order valence-corrected chi connectivity index (χ2v) is 7.25. The minimum absolute atomic E-state index is 0.0635. The van der Waals surface area contributed by atoms with Crippen LogP contribution in [0, 0.1) is 6.92 Å². The normalized spacial score (nSPS) is 14.2. The summed E-state index contributed by atoms with van der Waals surface area (Å²) in [5.74, 6) is -0.485. The van der Waals surface area contributed by atoms with Gasteiger partial charge in [0, 0.05) is 34.5 Å². The highest BCUT2D eigenvalue weighted by molar-refractivity contribution is 7.99. The number of carboxylic acids is 1. The summed E-state index contributed by atoms with van der Waals surface area (Å²) in [4.78, 5) is 19.7. The molecule has 0 aliphatic carbocycles. The first-order valence-electron chi connectivity index (χ1n) is 6.38. The van der Waals surface area contributed by atoms with E-state index in [2.05, 4.69) is 9.97 Å². The second kappa shape index (κ2) is 6.57. The standard InChI is InChI=1S/C13H17N3O3S2/c1-8-4-5-10-12(14-8)16(9(2)7-21(3)19)13(15-10)20-6-11(17)18/h4-5,9H,6-7H2,1-3H3,(H,17,18). The quantitative estimate of drug-likeness (QED) is 0.815. The number of aryl methyl sites for hydroxylation is 1. The van der Waals surface area contributed by atoms with E-state index in [4.69, 9.17) is 5.11 Å². The molecule has 0 fully saturated rings. The highest BCUT2D eigenvalue weighted by Crippen LogP contribution is 2.27. The molecule has 0 aliphatic rings. The Bertz CT molecular complexity index is 699. The van der Waals surface area contributed by atoms with Gasteiger partial charge in [-0.05, 0) is 26.0 Å². The zero-order chi connectivity index (χ0) is 15.6. The number of aromatic nitrogens is 3. The lowest BCUT2D eigenvalue weighted by Gasteiger charge is -2.15. The van der Waals surface area contributed by atoms with E-state index in [9.17, 15) is 9.00 Å². The average Bonchev–Trinajstić information content (AvgIpc) is 2.73. The molecule has 0 aromatic carbocycles. The van der Waals surface area contributed by atoms with Gasteiger partial charge in [-0.15, -0.1) is 0 Å². The Morgan fingerprint density at radius 3 is 2.81 bits per heavy atom. The number of pyridine rings is 1. The topological polar surface area (TPSA) is 85.1 Å². The Hall–Kier alpha value is -1.41. The van der Waals surface area contributed by atoms with E-state index in [-0.39, 0.29) is 11.8 Å². The lowest BCUT2D eigenvalue weighted by atomic mass is 10.3. The summed E-state index contributed by atoms with van der Waals surface area (Å²) in [5.41, 5.74) is 2.30. The van der Waals surface area contributed by atoms with E-state index < -0.39 is 16.8 Å². The predicted octanol–water partition coefficient (Wildman–Crippen LogP) is 1.86. The maximum Gasteiger partial charge on any atom is 0.313 e. The van der Waals surface area contributed by atoms with Gasteiger partial charge in [-0.2, -0.15) is 0 Å². The van der Waals surface area contributed by atoms with Gasteiger partial charge in [0.05, 0.1) is 5.75 Å². The van der Waals surface area contributed by atoms with Gasteiger partial charge >= 0.3 is 5.97 Å². The van der Waals surface area contributed by atoms with Crippen LogP contribution in [0.5, 0.6) is 0 Å². The number of thioether (sulfide) groups is 1. The fourth-order valence-electron chi connectivity index (χ4n) is 2.09. The van der Waals surface area contributed by atoms with Gasteiger partial charge < -0.3 is 5.11 Å². The van der Waals surface area contributed by atoms with Crippen molar-refractivity contribution in [2.45, 2.75) is 25.0 Å². The zero-order valence-corrected chi connectivity index (χ0v) is 13.7. The molecule has 0 bridgehead atoms. The number of nitrogens with zero attached hydrogens (tertiary/aromatic N) is 3. The fraction of sp³-hybridized carbons (Fsp3) is 0.462. The van der Waals surface area contributed by atoms with Crippen molar-refractivity contribution in [2.75, 3.05) is 17.8 Å². The third-order valence-electron chi connectivity index (χ3n) is 2.89. The zero-order valence-electron chi connectivity index (χ0n) is 12.1. The van der Waals surface area contributed by atoms with Crippen LogP contribution in [0.15, 0.2) is 17.3 Å². The number of hydrogen-bond acceptors (Lipinski definition) is 5. The fourth-order valence-corrected chi connectivity index (χ4v) is 3.74. The first-order chi connectivity index (χ1) is 9.88. The first kappa shape index (κ1) is 16.0. The largest absolute Gasteiger partial charge is 0.481 e. The maximum atomic E-state index is 11.5. The highest BCUT2D eigenvalue weighted by Gasteiger charge is 2.19. The number of aliphatic carboxylic acids is 1. The molecule has 2 rings (SSSR count). The van der Waals surface area contributed by atoms with Crippen LogP contribution in [-0.4, -0.2) is 47.6 Å². The Morgan fingerprint density at radius 1 is 1.48 bits per heavy atom. The number of carbonyl (C=O) groups is 1. The Kier molecular flexibility index (Phi) is 5.00. The molecule has 2 aromatic heterocycles. The molecule has 2 heterocycles. The lowest BCUT2D eigenvalue weighted by Crippen LogP contribution is -2.15. The van der Waals surface area contributed by atoms with Gasteiger partial charge in [-0.3, -0.25) is 13.6 Å². The molecule has 0 saturated heterocycles. The van der Waals surface area contributed by atoms with E-state index in [1.807, 2.05) is 30.5 Å². The minimum atomic E-state index is -0.951. The van der Waals surface area contributed by atoms with Gasteiger partial charge in [-0.25, -0.2) is 9.97 Å². The van der Waals surface area contributed by atoms with Crippen molar-refractivity contribution in [3.8, 4) is 0 Å². The Balaban J connectivity index is 2.49. The van der Waals surface area contributed by atoms with Crippen LogP contribution in [-0.2, 0) is 15.6 Å². The molecule has 114 valence electrons. The van der Waals surface area contributed by atoms with Gasteiger partial charge in [0.1, 0.15) is 5.52 Å². The lowest BCUT2D eigenvalue weighted by molar-refractivity contribution is -0.133. The summed E-state index contributed by atoms with van der Waals surface area (Å²) in [6, 6.07) is 3.68. The summed E-state index contributed by atoms with van der Waals surface area (Å²) >= 11 is 1.16. The van der Waals surface area contributed by atoms with Crippen molar-refractivity contribution in [1.29, 1.82) is 0 Å². The smallest absolute Gasteiger partial charge is 0.313 e. The maximum absolute atomic E-state index is 11.5. The second-order valence-electron chi connectivity index (χ2n) is 4.83. The summed E-state index contributed by atoms with van der Waals surface area (Å²) in [7, 11) is -0.951. The van der Waals surface area contributed by atoms with Crippen molar-refractivity contribution < 1.29 is 14.1 Å². The summed E-state index contributed by atoms with van der Waals surface area (Å²) in [5, 5.41) is 9.45. The van der Waals surface area contributed by atoms with E-state index in [1.165, 1.54) is 0 Å². The molecule has 2 aromatic rings. The van der Waals surface area contributed by atoms with Crippen LogP contribution in [0.25, 0.3) is 11.2 Å². The van der Waals surface area contributed by atoms with E-state index in [0.717, 1.165) is 23.0 Å². The van der Waals surface area contributed by atoms with Crippen molar-refractivity contribution in [3.05, 3.63) is 17.8 Å². The molecule has 0 saturated carbocycles. The molecule has 0 radical (unpaired) electrons. The molecule has 2 unspecified atom stereocenters. The third-order valence-corrected chi connectivity index (χ3v) is 4.77. The van der Waals surface area contributed by atoms with Crippen molar-refractivity contribution in [3.63, 3.8) is 0 Å². The van der Waals surface area contributed by atoms with Crippen LogP contribution in [0.2, 0.25) is 0 Å². The number of fused-ring (bicyclic) bond motifs is 1. The van der Waals surface area contributed by atoms with E-state index in [0.29, 0.717) is 16.6 Å². The van der Waals surface area contributed by atoms with Crippen LogP contribution in [0.1, 0.15) is 18.7 Å². The first-order valence-corrected chi connectivity index (χ1v) is 9.10. The Labute approximate surface area is 129 Å². The molecule has 2 atom stereocenters. The van der Waals surface area contributed by atoms with Gasteiger partial charge in [0.15, 0.2) is 10.8 Å². The number of hydrogen-bond donors (Lipinski definition) is 1. The molecule has 8 heteroatoms. The SMILES string of the molecule is Cc1ccc2nc(SCC(=O)O)n(C(C)CS(C)=O)c2n1. The van der Waals surface area contributed by atoms with Gasteiger partial charge in [-0.1, -0.05) is 11.8 Å². The van der Waals surface area contributed by atoms with Crippen molar-refractivity contribution >= 4 is 39.7 Å². The highest BCUT2D eigenvalue weighted by atomic mass is 32.2. The van der Waals surface area contributed by atoms with Crippen molar-refractivity contribution in [1.82, 2.24) is 14.5 Å². The number of imidazole rings is 1. The minimum Gasteiger partial charge on any atom is -0.481 e. The van der Waals surface area contributed by atoms with Crippen LogP contribution in [0.4, 0.5) is 0 Å². The molecule has 21 heavy (non-hydrogen) atoms. The van der Waals surface area contributed by atoms with Crippen LogP contribution >= 0.6 is 11.8 Å². The number of rotatable bonds is 6. The van der Waals surface area contributed by atoms with Crippen LogP contribution < -0.4 is 0 Å². The predicted molar refractivity (Wildman–Crippen MR) is 84.3 cm³/mol. The molecular weight excluding hydrogens is 310 g/mol. The monoisotopic (exact) mass is 327 g/mol. The third kappa shape index (κ3) is 3.82. The molecule has 6 nitrogen and oxygen atoms in total. The van der Waals surface area contributed by atoms with E-state index >= 15 is 0 Å². The van der Waals surface area contributed by atoms with Crippen molar-refractivity contribution in [2.24, 2.45) is 0 Å². The molecular formula is C13H17N3O3S2. The summed E-state index contributed by atoms with van der Waals surface area (Å²) in [6.45, 7) is 3.83.